The number of hydrogen-bond acceptors (Lipinski definition) is 1. The first-order valence-corrected chi connectivity index (χ1v) is 2.43. The number of carbonyl (C=O) groups is 1. The van der Waals surface area contributed by atoms with Gasteiger partial charge in [0, 0.05) is 46.4 Å². The predicted molar refractivity (Wildman–Crippen MR) is 31.7 cm³/mol. The molecule has 0 saturated carbocycles. The van der Waals surface area contributed by atoms with Crippen LogP contribution in [0.4, 0.5) is 0 Å². The van der Waals surface area contributed by atoms with E-state index >= 15 is 0 Å². The van der Waals surface area contributed by atoms with Crippen molar-refractivity contribution in [2.24, 2.45) is 0 Å². The normalized spacial score (nSPS) is 7.44. The molecule has 0 aromatic carbocycles. The van der Waals surface area contributed by atoms with Crippen LogP contribution in [0.15, 0.2) is 11.1 Å². The van der Waals surface area contributed by atoms with E-state index in [1.165, 1.54) is 0 Å². The molecule has 0 aliphatic carbocycles. The number of aliphatic carboxylic acids is 1. The summed E-state index contributed by atoms with van der Waals surface area (Å²) in [4.78, 5) is 10.1. The Balaban J connectivity index is 0. The van der Waals surface area contributed by atoms with Crippen LogP contribution in [0.3, 0.4) is 0 Å². The third-order valence-corrected chi connectivity index (χ3v) is 1.07. The van der Waals surface area contributed by atoms with Gasteiger partial charge in [-0.1, -0.05) is 5.57 Å². The van der Waals surface area contributed by atoms with E-state index in [2.05, 4.69) is 0 Å². The summed E-state index contributed by atoms with van der Waals surface area (Å²) < 4.78 is 0. The minimum absolute atomic E-state index is 0. The van der Waals surface area contributed by atoms with Crippen LogP contribution in [0.1, 0.15) is 20.8 Å². The summed E-state index contributed by atoms with van der Waals surface area (Å²) in [6.07, 6.45) is 0. The van der Waals surface area contributed by atoms with Gasteiger partial charge in [-0.2, -0.15) is 0 Å². The number of allylic oxidation sites excluding steroid dienone is 1. The molecule has 0 amide bonds. The molecule has 0 unspecified atom stereocenters. The molecular formula is C6H10NdO2. The van der Waals surface area contributed by atoms with Crippen LogP contribution in [0, 0.1) is 40.8 Å². The van der Waals surface area contributed by atoms with Crippen molar-refractivity contribution in [2.45, 2.75) is 20.8 Å². The second kappa shape index (κ2) is 5.35. The van der Waals surface area contributed by atoms with Crippen LogP contribution in [-0.4, -0.2) is 11.1 Å². The van der Waals surface area contributed by atoms with E-state index in [-0.39, 0.29) is 40.8 Å². The zero-order valence-corrected chi connectivity index (χ0v) is 9.06. The van der Waals surface area contributed by atoms with Crippen LogP contribution in [0.2, 0.25) is 0 Å². The summed E-state index contributed by atoms with van der Waals surface area (Å²) in [7, 11) is 0. The second-order valence-electron chi connectivity index (χ2n) is 1.93. The van der Waals surface area contributed by atoms with Gasteiger partial charge in [0.2, 0.25) is 0 Å². The molecule has 0 fully saturated rings. The molecular weight excluding hydrogens is 248 g/mol. The molecule has 0 aliphatic rings. The average Bonchev–Trinajstić information content (AvgIpc) is 1.64. The van der Waals surface area contributed by atoms with Crippen molar-refractivity contribution < 1.29 is 50.7 Å². The van der Waals surface area contributed by atoms with Crippen molar-refractivity contribution in [3.05, 3.63) is 11.1 Å². The molecule has 0 radical (unpaired) electrons. The minimum atomic E-state index is -0.829. The maximum atomic E-state index is 10.1. The Labute approximate surface area is 87.9 Å². The molecule has 50 valence electrons. The second-order valence-corrected chi connectivity index (χ2v) is 1.93. The Hall–Kier alpha value is 0.561. The van der Waals surface area contributed by atoms with E-state index in [0.717, 1.165) is 5.57 Å². The maximum Gasteiger partial charge on any atom is 0.331 e. The van der Waals surface area contributed by atoms with E-state index < -0.39 is 5.97 Å². The third-order valence-electron chi connectivity index (χ3n) is 1.07. The van der Waals surface area contributed by atoms with Gasteiger partial charge < -0.3 is 5.11 Å². The van der Waals surface area contributed by atoms with Crippen LogP contribution >= 0.6 is 0 Å². The quantitative estimate of drug-likeness (QED) is 0.722. The van der Waals surface area contributed by atoms with Gasteiger partial charge in [-0.3, -0.25) is 0 Å². The standard InChI is InChI=1S/C6H10O2.Nd/c1-4(2)5(3)6(7)8;/h1-3H3,(H,7,8);. The van der Waals surface area contributed by atoms with Gasteiger partial charge in [-0.25, -0.2) is 4.79 Å². The molecule has 0 atom stereocenters. The topological polar surface area (TPSA) is 37.3 Å². The summed E-state index contributed by atoms with van der Waals surface area (Å²) in [5.74, 6) is -0.829. The number of carboxylic acid groups (broad SMARTS) is 1. The van der Waals surface area contributed by atoms with Crippen LogP contribution in [0.25, 0.3) is 0 Å². The molecule has 3 heteroatoms. The predicted octanol–water partition coefficient (Wildman–Crippen LogP) is 1.43. The molecule has 0 rings (SSSR count). The van der Waals surface area contributed by atoms with Crippen LogP contribution in [-0.2, 0) is 4.79 Å². The molecule has 1 N–H and O–H groups in total. The first-order chi connectivity index (χ1) is 3.55. The summed E-state index contributed by atoms with van der Waals surface area (Å²) in [6, 6.07) is 0. The van der Waals surface area contributed by atoms with Gasteiger partial charge in [0.1, 0.15) is 0 Å². The van der Waals surface area contributed by atoms with Crippen LogP contribution < -0.4 is 0 Å². The Morgan fingerprint density at radius 2 is 1.56 bits per heavy atom. The van der Waals surface area contributed by atoms with Crippen LogP contribution in [0.5, 0.6) is 0 Å². The van der Waals surface area contributed by atoms with Gasteiger partial charge in [-0.05, 0) is 20.8 Å². The molecule has 0 spiro atoms. The summed E-state index contributed by atoms with van der Waals surface area (Å²) >= 11 is 0. The van der Waals surface area contributed by atoms with Gasteiger partial charge in [0.15, 0.2) is 0 Å². The van der Waals surface area contributed by atoms with Crippen molar-refractivity contribution >= 4 is 5.97 Å². The van der Waals surface area contributed by atoms with E-state index in [0.29, 0.717) is 5.57 Å². The van der Waals surface area contributed by atoms with Crippen molar-refractivity contribution in [3.8, 4) is 0 Å². The largest absolute Gasteiger partial charge is 0.478 e. The monoisotopic (exact) mass is 256 g/mol. The summed E-state index contributed by atoms with van der Waals surface area (Å²) in [5, 5.41) is 8.29. The fourth-order valence-electron chi connectivity index (χ4n) is 0.214. The van der Waals surface area contributed by atoms with Gasteiger partial charge in [0.05, 0.1) is 0 Å². The minimum Gasteiger partial charge on any atom is -0.478 e. The smallest absolute Gasteiger partial charge is 0.331 e. The third kappa shape index (κ3) is 5.03. The molecule has 0 saturated heterocycles. The average molecular weight is 258 g/mol. The Morgan fingerprint density at radius 1 is 1.22 bits per heavy atom. The molecule has 0 aliphatic heterocycles. The van der Waals surface area contributed by atoms with Crippen molar-refractivity contribution in [3.63, 3.8) is 0 Å². The Bertz CT molecular complexity index is 134. The fraction of sp³-hybridized carbons (Fsp3) is 0.500. The number of rotatable bonds is 1. The van der Waals surface area contributed by atoms with Gasteiger partial charge >= 0.3 is 5.97 Å². The Kier molecular flexibility index (Phi) is 7.29. The molecule has 0 heterocycles. The van der Waals surface area contributed by atoms with Crippen molar-refractivity contribution in [1.82, 2.24) is 0 Å². The number of carboxylic acids is 1. The summed E-state index contributed by atoms with van der Waals surface area (Å²) in [5.41, 5.74) is 1.29. The molecule has 0 bridgehead atoms. The fourth-order valence-corrected chi connectivity index (χ4v) is 0.214. The van der Waals surface area contributed by atoms with Gasteiger partial charge in [0.25, 0.3) is 0 Å². The van der Waals surface area contributed by atoms with E-state index in [1.54, 1.807) is 20.8 Å². The number of hydrogen-bond donors (Lipinski definition) is 1. The maximum absolute atomic E-state index is 10.1. The summed E-state index contributed by atoms with van der Waals surface area (Å²) in [6.45, 7) is 5.16. The first kappa shape index (κ1) is 12.3. The molecule has 2 nitrogen and oxygen atoms in total. The molecule has 0 aromatic heterocycles. The molecule has 9 heavy (non-hydrogen) atoms. The molecule has 0 aromatic rings. The zero-order valence-electron chi connectivity index (χ0n) is 5.86. The zero-order chi connectivity index (χ0) is 6.73. The Morgan fingerprint density at radius 3 is 1.56 bits per heavy atom. The van der Waals surface area contributed by atoms with E-state index in [4.69, 9.17) is 5.11 Å². The van der Waals surface area contributed by atoms with Crippen molar-refractivity contribution in [2.75, 3.05) is 0 Å². The van der Waals surface area contributed by atoms with E-state index in [1.807, 2.05) is 0 Å². The van der Waals surface area contributed by atoms with Crippen molar-refractivity contribution in [1.29, 1.82) is 0 Å². The van der Waals surface area contributed by atoms with E-state index in [9.17, 15) is 4.79 Å². The van der Waals surface area contributed by atoms with Gasteiger partial charge in [-0.15, -0.1) is 0 Å². The SMILES string of the molecule is CC(C)=C(C)C(=O)O.[Nd]. The first-order valence-electron chi connectivity index (χ1n) is 2.43.